The maximum atomic E-state index is 11.4. The van der Waals surface area contributed by atoms with Crippen molar-refractivity contribution in [2.24, 2.45) is 0 Å². The Balaban J connectivity index is 2.10. The third kappa shape index (κ3) is 6.25. The number of benzene rings is 1. The molecule has 3 N–H and O–H groups in total. The van der Waals surface area contributed by atoms with Gasteiger partial charge in [-0.05, 0) is 30.5 Å². The lowest BCUT2D eigenvalue weighted by atomic mass is 10.1. The van der Waals surface area contributed by atoms with E-state index in [-0.39, 0.29) is 5.91 Å². The van der Waals surface area contributed by atoms with Crippen molar-refractivity contribution in [3.05, 3.63) is 29.8 Å². The van der Waals surface area contributed by atoms with Crippen molar-refractivity contribution in [3.8, 4) is 0 Å². The fourth-order valence-corrected chi connectivity index (χ4v) is 1.53. The normalized spacial score (nSPS) is 10.3. The number of nitrogens with one attached hydrogen (secondary N) is 1. The molecule has 4 nitrogen and oxygen atoms in total. The largest absolute Gasteiger partial charge is 0.399 e. The van der Waals surface area contributed by atoms with Gasteiger partial charge < -0.3 is 15.8 Å². The summed E-state index contributed by atoms with van der Waals surface area (Å²) in [5.74, 6) is 0.0431. The van der Waals surface area contributed by atoms with Gasteiger partial charge in [-0.3, -0.25) is 4.79 Å². The summed E-state index contributed by atoms with van der Waals surface area (Å²) >= 11 is 0. The second-order valence-electron chi connectivity index (χ2n) is 4.20. The van der Waals surface area contributed by atoms with Gasteiger partial charge in [0.2, 0.25) is 5.91 Å². The molecular weight excluding hydrogens is 228 g/mol. The Hall–Kier alpha value is -1.55. The molecule has 0 saturated carbocycles. The number of nitrogen functional groups attached to an aromatic ring is 1. The lowest BCUT2D eigenvalue weighted by Gasteiger charge is -2.06. The van der Waals surface area contributed by atoms with Gasteiger partial charge in [0.1, 0.15) is 0 Å². The smallest absolute Gasteiger partial charge is 0.222 e. The molecule has 0 fully saturated rings. The summed E-state index contributed by atoms with van der Waals surface area (Å²) in [5.41, 5.74) is 7.53. The van der Waals surface area contributed by atoms with Crippen LogP contribution in [-0.2, 0) is 16.0 Å². The third-order valence-electron chi connectivity index (χ3n) is 2.54. The SMILES string of the molecule is CCCOCCC(=O)NCCc1ccc(N)cc1. The minimum atomic E-state index is 0.0431. The van der Waals surface area contributed by atoms with Crippen molar-refractivity contribution in [2.75, 3.05) is 25.5 Å². The zero-order valence-electron chi connectivity index (χ0n) is 10.9. The number of carbonyl (C=O) groups is 1. The molecule has 1 aromatic carbocycles. The summed E-state index contributed by atoms with van der Waals surface area (Å²) < 4.78 is 5.26. The van der Waals surface area contributed by atoms with Gasteiger partial charge in [-0.2, -0.15) is 0 Å². The first-order chi connectivity index (χ1) is 8.72. The van der Waals surface area contributed by atoms with Crippen LogP contribution in [0.15, 0.2) is 24.3 Å². The van der Waals surface area contributed by atoms with Crippen LogP contribution in [-0.4, -0.2) is 25.7 Å². The molecule has 0 aliphatic carbocycles. The summed E-state index contributed by atoms with van der Waals surface area (Å²) in [5, 5.41) is 2.87. The molecule has 0 aliphatic heterocycles. The van der Waals surface area contributed by atoms with Gasteiger partial charge in [0.05, 0.1) is 6.61 Å². The fourth-order valence-electron chi connectivity index (χ4n) is 1.53. The van der Waals surface area contributed by atoms with Gasteiger partial charge >= 0.3 is 0 Å². The van der Waals surface area contributed by atoms with Gasteiger partial charge in [-0.1, -0.05) is 19.1 Å². The van der Waals surface area contributed by atoms with Gasteiger partial charge in [-0.25, -0.2) is 0 Å². The summed E-state index contributed by atoms with van der Waals surface area (Å²) in [6, 6.07) is 7.70. The molecule has 1 aromatic rings. The number of carbonyl (C=O) groups excluding carboxylic acids is 1. The van der Waals surface area contributed by atoms with Crippen molar-refractivity contribution < 1.29 is 9.53 Å². The standard InChI is InChI=1S/C14H22N2O2/c1-2-10-18-11-8-14(17)16-9-7-12-3-5-13(15)6-4-12/h3-6H,2,7-11,15H2,1H3,(H,16,17). The zero-order valence-corrected chi connectivity index (χ0v) is 10.9. The predicted molar refractivity (Wildman–Crippen MR) is 73.3 cm³/mol. The van der Waals surface area contributed by atoms with E-state index in [1.807, 2.05) is 31.2 Å². The van der Waals surface area contributed by atoms with Crippen LogP contribution in [0, 0.1) is 0 Å². The number of ether oxygens (including phenoxy) is 1. The number of amides is 1. The van der Waals surface area contributed by atoms with E-state index in [4.69, 9.17) is 10.5 Å². The van der Waals surface area contributed by atoms with Crippen LogP contribution in [0.5, 0.6) is 0 Å². The Labute approximate surface area is 109 Å². The van der Waals surface area contributed by atoms with E-state index in [0.29, 0.717) is 19.6 Å². The lowest BCUT2D eigenvalue weighted by molar-refractivity contribution is -0.122. The van der Waals surface area contributed by atoms with E-state index in [1.165, 1.54) is 5.56 Å². The highest BCUT2D eigenvalue weighted by molar-refractivity contribution is 5.75. The van der Waals surface area contributed by atoms with Crippen molar-refractivity contribution in [1.29, 1.82) is 0 Å². The topological polar surface area (TPSA) is 64.3 Å². The molecule has 1 rings (SSSR count). The van der Waals surface area contributed by atoms with Crippen LogP contribution in [0.1, 0.15) is 25.3 Å². The second kappa shape index (κ2) is 8.53. The maximum absolute atomic E-state index is 11.4. The highest BCUT2D eigenvalue weighted by Crippen LogP contribution is 2.05. The number of nitrogens with two attached hydrogens (primary N) is 1. The molecule has 0 aliphatic rings. The summed E-state index contributed by atoms with van der Waals surface area (Å²) in [6.45, 7) is 3.92. The molecule has 0 radical (unpaired) electrons. The van der Waals surface area contributed by atoms with Crippen LogP contribution in [0.4, 0.5) is 5.69 Å². The molecular formula is C14H22N2O2. The molecule has 0 saturated heterocycles. The van der Waals surface area contributed by atoms with Gasteiger partial charge in [0.25, 0.3) is 0 Å². The fraction of sp³-hybridized carbons (Fsp3) is 0.500. The summed E-state index contributed by atoms with van der Waals surface area (Å²) in [4.78, 5) is 11.4. The molecule has 0 aromatic heterocycles. The van der Waals surface area contributed by atoms with Crippen LogP contribution in [0.3, 0.4) is 0 Å². The minimum Gasteiger partial charge on any atom is -0.399 e. The van der Waals surface area contributed by atoms with Crippen molar-refractivity contribution in [1.82, 2.24) is 5.32 Å². The quantitative estimate of drug-likeness (QED) is 0.545. The molecule has 0 heterocycles. The van der Waals surface area contributed by atoms with E-state index in [9.17, 15) is 4.79 Å². The lowest BCUT2D eigenvalue weighted by Crippen LogP contribution is -2.26. The number of hydrogen-bond acceptors (Lipinski definition) is 3. The van der Waals surface area contributed by atoms with E-state index in [0.717, 1.165) is 25.1 Å². The Bertz CT molecular complexity index is 349. The summed E-state index contributed by atoms with van der Waals surface area (Å²) in [6.07, 6.45) is 2.24. The molecule has 0 unspecified atom stereocenters. The molecule has 100 valence electrons. The van der Waals surface area contributed by atoms with E-state index < -0.39 is 0 Å². The number of anilines is 1. The molecule has 1 amide bonds. The third-order valence-corrected chi connectivity index (χ3v) is 2.54. The van der Waals surface area contributed by atoms with Crippen LogP contribution in [0.2, 0.25) is 0 Å². The van der Waals surface area contributed by atoms with Crippen molar-refractivity contribution in [3.63, 3.8) is 0 Å². The average Bonchev–Trinajstić information content (AvgIpc) is 2.37. The van der Waals surface area contributed by atoms with Crippen LogP contribution >= 0.6 is 0 Å². The monoisotopic (exact) mass is 250 g/mol. The molecule has 4 heteroatoms. The van der Waals surface area contributed by atoms with Crippen LogP contribution < -0.4 is 11.1 Å². The van der Waals surface area contributed by atoms with Crippen molar-refractivity contribution in [2.45, 2.75) is 26.2 Å². The first-order valence-corrected chi connectivity index (χ1v) is 6.41. The Morgan fingerprint density at radius 2 is 2.00 bits per heavy atom. The number of hydrogen-bond donors (Lipinski definition) is 2. The minimum absolute atomic E-state index is 0.0431. The Morgan fingerprint density at radius 1 is 1.28 bits per heavy atom. The Morgan fingerprint density at radius 3 is 2.67 bits per heavy atom. The Kier molecular flexibility index (Phi) is 6.87. The van der Waals surface area contributed by atoms with Crippen LogP contribution in [0.25, 0.3) is 0 Å². The molecule has 0 spiro atoms. The molecule has 0 bridgehead atoms. The van der Waals surface area contributed by atoms with Gasteiger partial charge in [0, 0.05) is 25.3 Å². The van der Waals surface area contributed by atoms with E-state index >= 15 is 0 Å². The van der Waals surface area contributed by atoms with Crippen molar-refractivity contribution >= 4 is 11.6 Å². The average molecular weight is 250 g/mol. The molecule has 18 heavy (non-hydrogen) atoms. The van der Waals surface area contributed by atoms with E-state index in [2.05, 4.69) is 5.32 Å². The summed E-state index contributed by atoms with van der Waals surface area (Å²) in [7, 11) is 0. The van der Waals surface area contributed by atoms with Gasteiger partial charge in [0.15, 0.2) is 0 Å². The highest BCUT2D eigenvalue weighted by atomic mass is 16.5. The molecule has 0 atom stereocenters. The number of rotatable bonds is 8. The predicted octanol–water partition coefficient (Wildman–Crippen LogP) is 1.74. The highest BCUT2D eigenvalue weighted by Gasteiger charge is 2.00. The zero-order chi connectivity index (χ0) is 13.2. The van der Waals surface area contributed by atoms with E-state index in [1.54, 1.807) is 0 Å². The first kappa shape index (κ1) is 14.5. The maximum Gasteiger partial charge on any atom is 0.222 e. The van der Waals surface area contributed by atoms with Gasteiger partial charge in [-0.15, -0.1) is 0 Å². The second-order valence-corrected chi connectivity index (χ2v) is 4.20. The first-order valence-electron chi connectivity index (χ1n) is 6.41.